The highest BCUT2D eigenvalue weighted by molar-refractivity contribution is 5.93. The molecule has 13 nitrogen and oxygen atoms in total. The fraction of sp³-hybridized carbons (Fsp3) is 0.250. The van der Waals surface area contributed by atoms with Gasteiger partial charge in [0.2, 0.25) is 18.1 Å². The Bertz CT molecular complexity index is 1870. The van der Waals surface area contributed by atoms with Crippen molar-refractivity contribution in [2.24, 2.45) is 5.73 Å². The van der Waals surface area contributed by atoms with Gasteiger partial charge in [0.05, 0.1) is 27.2 Å². The molecule has 5 aromatic rings. The van der Waals surface area contributed by atoms with Gasteiger partial charge in [-0.25, -0.2) is 4.98 Å². The van der Waals surface area contributed by atoms with E-state index in [0.717, 1.165) is 10.9 Å². The standard InChI is InChI=1S/C32H31F2N7O6/c1-45-21-10-6-18(7-11-21)31(19-8-12-22(46-2)13-9-19,20-5-3-4-17(14-20)26(35)44)40-27-24-28(39-30(36)38-27)41(16-37-24)29-32(33,34)25(43)23(15-42)47-29/h3-14,16,23,25,29,42-43H,15H2,1-2H3,(H2,35,44)(H3,36,38,39,40)/t23-,25-,29-/m1/s1. The molecular formula is C32H31F2N7O6. The van der Waals surface area contributed by atoms with Gasteiger partial charge in [-0.15, -0.1) is 0 Å². The first-order valence-corrected chi connectivity index (χ1v) is 14.3. The number of carbonyl (C=O) groups is 1. The molecule has 0 bridgehead atoms. The van der Waals surface area contributed by atoms with E-state index in [1.54, 1.807) is 48.5 Å². The second-order valence-electron chi connectivity index (χ2n) is 10.9. The molecule has 47 heavy (non-hydrogen) atoms. The summed E-state index contributed by atoms with van der Waals surface area (Å²) in [7, 11) is 3.08. The molecule has 3 heterocycles. The van der Waals surface area contributed by atoms with Gasteiger partial charge in [0.15, 0.2) is 23.1 Å². The molecule has 0 unspecified atom stereocenters. The van der Waals surface area contributed by atoms with Crippen LogP contribution in [-0.2, 0) is 10.3 Å². The number of nitrogens with one attached hydrogen (secondary N) is 1. The van der Waals surface area contributed by atoms with E-state index < -0.39 is 42.4 Å². The van der Waals surface area contributed by atoms with Crippen LogP contribution in [0.5, 0.6) is 11.5 Å². The molecule has 1 fully saturated rings. The highest BCUT2D eigenvalue weighted by atomic mass is 19.3. The van der Waals surface area contributed by atoms with Crippen molar-refractivity contribution in [2.45, 2.75) is 29.9 Å². The number of ether oxygens (including phenoxy) is 3. The van der Waals surface area contributed by atoms with Crippen LogP contribution in [0.4, 0.5) is 20.5 Å². The summed E-state index contributed by atoms with van der Waals surface area (Å²) < 4.78 is 47.5. The highest BCUT2D eigenvalue weighted by Gasteiger charge is 2.59. The van der Waals surface area contributed by atoms with Crippen molar-refractivity contribution in [1.29, 1.82) is 0 Å². The average Bonchev–Trinajstić information content (AvgIpc) is 3.60. The van der Waals surface area contributed by atoms with E-state index in [1.807, 2.05) is 24.3 Å². The fourth-order valence-electron chi connectivity index (χ4n) is 5.79. The number of carbonyl (C=O) groups excluding carboxylic acids is 1. The molecule has 15 heteroatoms. The lowest BCUT2D eigenvalue weighted by Crippen LogP contribution is -2.39. The minimum atomic E-state index is -3.81. The lowest BCUT2D eigenvalue weighted by molar-refractivity contribution is -0.138. The molecule has 0 aliphatic carbocycles. The fourth-order valence-corrected chi connectivity index (χ4v) is 5.79. The molecule has 0 saturated carbocycles. The number of hydrogen-bond donors (Lipinski definition) is 5. The molecular weight excluding hydrogens is 616 g/mol. The van der Waals surface area contributed by atoms with Crippen molar-refractivity contribution in [3.63, 3.8) is 0 Å². The molecule has 0 spiro atoms. The number of hydrogen-bond acceptors (Lipinski definition) is 11. The van der Waals surface area contributed by atoms with Crippen molar-refractivity contribution in [2.75, 3.05) is 31.9 Å². The molecule has 6 rings (SSSR count). The van der Waals surface area contributed by atoms with E-state index in [0.29, 0.717) is 28.2 Å². The normalized spacial score (nSPS) is 19.1. The molecule has 3 atom stereocenters. The monoisotopic (exact) mass is 647 g/mol. The lowest BCUT2D eigenvalue weighted by Gasteiger charge is -2.37. The quantitative estimate of drug-likeness (QED) is 0.140. The van der Waals surface area contributed by atoms with Gasteiger partial charge in [-0.2, -0.15) is 18.7 Å². The zero-order chi connectivity index (χ0) is 33.5. The van der Waals surface area contributed by atoms with Gasteiger partial charge < -0.3 is 41.2 Å². The number of alkyl halides is 2. The second-order valence-corrected chi connectivity index (χ2v) is 10.9. The average molecular weight is 648 g/mol. The Morgan fingerprint density at radius 3 is 2.17 bits per heavy atom. The Kier molecular flexibility index (Phi) is 8.13. The third-order valence-electron chi connectivity index (χ3n) is 8.18. The summed E-state index contributed by atoms with van der Waals surface area (Å²) in [5, 5.41) is 23.1. The minimum absolute atomic E-state index is 0.0398. The van der Waals surface area contributed by atoms with Crippen LogP contribution in [0.15, 0.2) is 79.1 Å². The summed E-state index contributed by atoms with van der Waals surface area (Å²) in [6, 6.07) is 21.0. The SMILES string of the molecule is COc1ccc(C(Nc2nc(N)nc3c2ncn3[C@@H]2O[C@H](CO)[C@@H](O)C2(F)F)(c2ccc(OC)cc2)c2cccc(C(N)=O)c2)cc1. The number of halogens is 2. The maximum atomic E-state index is 15.2. The summed E-state index contributed by atoms with van der Waals surface area (Å²) in [5.41, 5.74) is 12.5. The van der Waals surface area contributed by atoms with Gasteiger partial charge in [0.1, 0.15) is 23.1 Å². The zero-order valence-corrected chi connectivity index (χ0v) is 25.2. The van der Waals surface area contributed by atoms with Crippen LogP contribution >= 0.6 is 0 Å². The number of aromatic nitrogens is 4. The van der Waals surface area contributed by atoms with E-state index >= 15 is 8.78 Å². The van der Waals surface area contributed by atoms with E-state index in [-0.39, 0.29) is 28.5 Å². The molecule has 3 aromatic carbocycles. The van der Waals surface area contributed by atoms with Crippen molar-refractivity contribution >= 4 is 28.8 Å². The number of benzene rings is 3. The van der Waals surface area contributed by atoms with Crippen LogP contribution in [-0.4, -0.2) is 74.6 Å². The van der Waals surface area contributed by atoms with Gasteiger partial charge in [0.25, 0.3) is 0 Å². The molecule has 7 N–H and O–H groups in total. The number of nitrogen functional groups attached to an aromatic ring is 1. The Morgan fingerprint density at radius 2 is 1.64 bits per heavy atom. The first kappa shape index (κ1) is 31.6. The van der Waals surface area contributed by atoms with E-state index in [2.05, 4.69) is 20.3 Å². The number of methoxy groups -OCH3 is 2. The molecule has 1 aliphatic heterocycles. The molecule has 1 saturated heterocycles. The molecule has 1 amide bonds. The Labute approximate surface area is 266 Å². The maximum Gasteiger partial charge on any atom is 0.320 e. The second kappa shape index (κ2) is 12.1. The van der Waals surface area contributed by atoms with Gasteiger partial charge >= 0.3 is 5.92 Å². The minimum Gasteiger partial charge on any atom is -0.497 e. The molecule has 244 valence electrons. The third-order valence-corrected chi connectivity index (χ3v) is 8.18. The van der Waals surface area contributed by atoms with Crippen LogP contribution in [0.3, 0.4) is 0 Å². The summed E-state index contributed by atoms with van der Waals surface area (Å²) >= 11 is 0. The van der Waals surface area contributed by atoms with E-state index in [9.17, 15) is 15.0 Å². The van der Waals surface area contributed by atoms with Gasteiger partial charge in [-0.3, -0.25) is 9.36 Å². The van der Waals surface area contributed by atoms with Gasteiger partial charge in [-0.1, -0.05) is 36.4 Å². The topological polar surface area (TPSA) is 193 Å². The van der Waals surface area contributed by atoms with Crippen LogP contribution in [0, 0.1) is 0 Å². The van der Waals surface area contributed by atoms with Crippen LogP contribution in [0.2, 0.25) is 0 Å². The summed E-state index contributed by atoms with van der Waals surface area (Å²) in [4.78, 5) is 25.3. The van der Waals surface area contributed by atoms with Crippen LogP contribution in [0.1, 0.15) is 33.3 Å². The number of amides is 1. The predicted molar refractivity (Wildman–Crippen MR) is 166 cm³/mol. The first-order chi connectivity index (χ1) is 22.5. The Balaban J connectivity index is 1.61. The third kappa shape index (κ3) is 5.33. The van der Waals surface area contributed by atoms with Crippen molar-refractivity contribution in [3.8, 4) is 11.5 Å². The number of nitrogens with zero attached hydrogens (tertiary/aromatic N) is 4. The number of aliphatic hydroxyl groups is 2. The number of imidazole rings is 1. The smallest absolute Gasteiger partial charge is 0.320 e. The van der Waals surface area contributed by atoms with Gasteiger partial charge in [-0.05, 0) is 53.1 Å². The first-order valence-electron chi connectivity index (χ1n) is 14.3. The predicted octanol–water partition coefficient (Wildman–Crippen LogP) is 2.81. The highest BCUT2D eigenvalue weighted by Crippen LogP contribution is 2.45. The number of nitrogens with two attached hydrogens (primary N) is 2. The largest absolute Gasteiger partial charge is 0.497 e. The van der Waals surface area contributed by atoms with Crippen LogP contribution < -0.4 is 26.3 Å². The molecule has 2 aromatic heterocycles. The van der Waals surface area contributed by atoms with Gasteiger partial charge in [0, 0.05) is 5.56 Å². The summed E-state index contributed by atoms with van der Waals surface area (Å²) in [5.74, 6) is -3.54. The van der Waals surface area contributed by atoms with Crippen molar-refractivity contribution < 1.29 is 38.0 Å². The molecule has 1 aliphatic rings. The van der Waals surface area contributed by atoms with Crippen molar-refractivity contribution in [3.05, 3.63) is 101 Å². The zero-order valence-electron chi connectivity index (χ0n) is 25.2. The number of anilines is 2. The summed E-state index contributed by atoms with van der Waals surface area (Å²) in [6.07, 6.45) is -4.80. The summed E-state index contributed by atoms with van der Waals surface area (Å²) in [6.45, 7) is -0.833. The Hall–Kier alpha value is -5.38. The number of aliphatic hydroxyl groups excluding tert-OH is 2. The Morgan fingerprint density at radius 1 is 1.02 bits per heavy atom. The van der Waals surface area contributed by atoms with Crippen LogP contribution in [0.25, 0.3) is 11.2 Å². The number of fused-ring (bicyclic) bond motifs is 1. The maximum absolute atomic E-state index is 15.2. The van der Waals surface area contributed by atoms with E-state index in [1.165, 1.54) is 14.2 Å². The molecule has 0 radical (unpaired) electrons. The number of rotatable bonds is 10. The lowest BCUT2D eigenvalue weighted by atomic mass is 9.76. The number of primary amides is 1. The van der Waals surface area contributed by atoms with E-state index in [4.69, 9.17) is 25.7 Å². The van der Waals surface area contributed by atoms with Crippen molar-refractivity contribution in [1.82, 2.24) is 19.5 Å².